The van der Waals surface area contributed by atoms with Gasteiger partial charge in [-0.2, -0.15) is 0 Å². The Morgan fingerprint density at radius 1 is 0.957 bits per heavy atom. The van der Waals surface area contributed by atoms with Crippen LogP contribution in [0.4, 0.5) is 33.1 Å². The number of hydrogen-bond donors (Lipinski definition) is 2. The molecule has 4 heterocycles. The molecule has 7 rings (SSSR count). The lowest BCUT2D eigenvalue weighted by molar-refractivity contribution is -0.111. The molecule has 3 aliphatic heterocycles. The third kappa shape index (κ3) is 7.04. The first-order valence-corrected chi connectivity index (χ1v) is 16.6. The average Bonchev–Trinajstić information content (AvgIpc) is 3.84. The van der Waals surface area contributed by atoms with E-state index >= 15 is 0 Å². The Morgan fingerprint density at radius 2 is 1.70 bits per heavy atom. The van der Waals surface area contributed by atoms with Gasteiger partial charge in [-0.3, -0.25) is 19.4 Å². The third-order valence-corrected chi connectivity index (χ3v) is 9.77. The maximum absolute atomic E-state index is 14.0. The molecule has 0 bridgehead atoms. The number of hydrogen-bond acceptors (Lipinski definition) is 10. The summed E-state index contributed by atoms with van der Waals surface area (Å²) in [5.41, 5.74) is 3.02. The monoisotopic (exact) mass is 642 g/mol. The molecule has 11 nitrogen and oxygen atoms in total. The largest absolute Gasteiger partial charge is 0.494 e. The van der Waals surface area contributed by atoms with Crippen LogP contribution in [-0.4, -0.2) is 90.7 Å². The van der Waals surface area contributed by atoms with Crippen molar-refractivity contribution in [2.24, 2.45) is 0 Å². The summed E-state index contributed by atoms with van der Waals surface area (Å²) >= 11 is 0. The maximum Gasteiger partial charge on any atom is 0.247 e. The molecule has 3 saturated heterocycles. The van der Waals surface area contributed by atoms with Crippen LogP contribution in [0, 0.1) is 5.82 Å². The molecular weight excluding hydrogens is 599 g/mol. The van der Waals surface area contributed by atoms with Crippen molar-refractivity contribution >= 4 is 34.6 Å². The number of carbonyl (C=O) groups excluding carboxylic acids is 1. The number of methoxy groups -OCH3 is 1. The van der Waals surface area contributed by atoms with Gasteiger partial charge in [-0.05, 0) is 55.5 Å². The van der Waals surface area contributed by atoms with Crippen LogP contribution in [0.3, 0.4) is 0 Å². The number of anilines is 5. The Kier molecular flexibility index (Phi) is 9.23. The first-order chi connectivity index (χ1) is 23.0. The van der Waals surface area contributed by atoms with E-state index in [1.807, 2.05) is 18.2 Å². The van der Waals surface area contributed by atoms with Crippen molar-refractivity contribution in [2.75, 3.05) is 73.6 Å². The highest BCUT2D eigenvalue weighted by Crippen LogP contribution is 2.41. The Labute approximate surface area is 275 Å². The molecule has 4 aliphatic rings. The van der Waals surface area contributed by atoms with Gasteiger partial charge in [0.15, 0.2) is 5.82 Å². The predicted octanol–water partition coefficient (Wildman–Crippen LogP) is 5.12. The molecule has 1 aromatic heterocycles. The molecule has 1 unspecified atom stereocenters. The lowest BCUT2D eigenvalue weighted by atomic mass is 10.0. The van der Waals surface area contributed by atoms with Crippen LogP contribution in [0.1, 0.15) is 43.7 Å². The van der Waals surface area contributed by atoms with E-state index in [4.69, 9.17) is 9.57 Å². The molecule has 12 heteroatoms. The summed E-state index contributed by atoms with van der Waals surface area (Å²) in [6.45, 7) is 10.6. The number of nitrogens with zero attached hydrogens (tertiary/aromatic N) is 6. The summed E-state index contributed by atoms with van der Waals surface area (Å²) in [5.74, 6) is 1.09. The molecule has 47 heavy (non-hydrogen) atoms. The van der Waals surface area contributed by atoms with E-state index in [2.05, 4.69) is 41.9 Å². The lowest BCUT2D eigenvalue weighted by Gasteiger charge is -2.43. The number of nitrogens with one attached hydrogen (secondary N) is 2. The van der Waals surface area contributed by atoms with E-state index in [1.165, 1.54) is 50.5 Å². The highest BCUT2D eigenvalue weighted by molar-refractivity contribution is 6.02. The fourth-order valence-corrected chi connectivity index (χ4v) is 7.15. The number of aromatic nitrogens is 2. The van der Waals surface area contributed by atoms with Gasteiger partial charge in [-0.25, -0.2) is 19.4 Å². The number of piperidine rings is 1. The minimum absolute atomic E-state index is 0.181. The fraction of sp³-hybridized carbons (Fsp3) is 0.457. The minimum Gasteiger partial charge on any atom is -0.494 e. The Morgan fingerprint density at radius 3 is 2.38 bits per heavy atom. The van der Waals surface area contributed by atoms with Crippen molar-refractivity contribution in [3.63, 3.8) is 0 Å². The van der Waals surface area contributed by atoms with Crippen LogP contribution in [0.2, 0.25) is 0 Å². The third-order valence-electron chi connectivity index (χ3n) is 9.77. The quantitative estimate of drug-likeness (QED) is 0.290. The van der Waals surface area contributed by atoms with Gasteiger partial charge in [-0.1, -0.05) is 18.7 Å². The van der Waals surface area contributed by atoms with Gasteiger partial charge in [0.1, 0.15) is 23.7 Å². The summed E-state index contributed by atoms with van der Waals surface area (Å²) in [6.07, 6.45) is 8.31. The molecule has 1 aliphatic carbocycles. The molecule has 1 amide bonds. The van der Waals surface area contributed by atoms with E-state index in [-0.39, 0.29) is 17.8 Å². The van der Waals surface area contributed by atoms with Crippen LogP contribution in [0.5, 0.6) is 5.75 Å². The first-order valence-electron chi connectivity index (χ1n) is 16.6. The molecule has 1 atom stereocenters. The van der Waals surface area contributed by atoms with Crippen LogP contribution in [-0.2, 0) is 9.63 Å². The second-order valence-electron chi connectivity index (χ2n) is 12.7. The summed E-state index contributed by atoms with van der Waals surface area (Å²) in [5, 5.41) is 8.07. The molecule has 3 aromatic rings. The molecule has 2 aromatic carbocycles. The number of ether oxygens (including phenoxy) is 1. The van der Waals surface area contributed by atoms with Crippen molar-refractivity contribution in [1.82, 2.24) is 19.8 Å². The second kappa shape index (κ2) is 13.8. The van der Waals surface area contributed by atoms with Gasteiger partial charge in [0, 0.05) is 69.9 Å². The first kappa shape index (κ1) is 31.3. The summed E-state index contributed by atoms with van der Waals surface area (Å²) in [7, 11) is 1.63. The zero-order chi connectivity index (χ0) is 32.3. The van der Waals surface area contributed by atoms with E-state index in [0.717, 1.165) is 56.3 Å². The number of halogens is 1. The number of amides is 1. The molecule has 0 radical (unpaired) electrons. The zero-order valence-electron chi connectivity index (χ0n) is 26.9. The second-order valence-corrected chi connectivity index (χ2v) is 12.7. The minimum atomic E-state index is -0.291. The number of benzene rings is 2. The average molecular weight is 643 g/mol. The SMILES string of the molecule is C=CC(=O)Nc1cc(Nc2cc(N3OCCC3c3cccc(F)c3)ncn2)c(OC)cc1N1CCC(N2CCN(C3CC3)CC2)CC1. The molecular formula is C35H43FN8O3. The van der Waals surface area contributed by atoms with E-state index in [9.17, 15) is 9.18 Å². The fourth-order valence-electron chi connectivity index (χ4n) is 7.15. The number of hydroxylamine groups is 1. The standard InChI is InChI=1S/C35H43FN8O3/c1-3-35(45)40-28-20-29(39-33-22-34(38-23-37-33)44-30(11-18-47-44)24-5-4-6-25(36)19-24)32(46-2)21-31(28)43-12-9-27(10-13-43)42-16-14-41(15-17-42)26-7-8-26/h3-6,19-23,26-27,30H,1,7-18H2,2H3,(H,40,45)(H,37,38,39). The molecule has 4 fully saturated rings. The van der Waals surface area contributed by atoms with E-state index in [1.54, 1.807) is 24.3 Å². The van der Waals surface area contributed by atoms with Crippen molar-refractivity contribution in [3.8, 4) is 5.75 Å². The topological polar surface area (TPSA) is 98.3 Å². The number of piperazine rings is 1. The number of rotatable bonds is 10. The molecule has 0 spiro atoms. The van der Waals surface area contributed by atoms with Crippen LogP contribution in [0.15, 0.2) is 61.4 Å². The van der Waals surface area contributed by atoms with Crippen molar-refractivity contribution < 1.29 is 18.8 Å². The van der Waals surface area contributed by atoms with Gasteiger partial charge < -0.3 is 20.3 Å². The zero-order valence-corrected chi connectivity index (χ0v) is 26.9. The molecule has 1 saturated carbocycles. The van der Waals surface area contributed by atoms with Crippen molar-refractivity contribution in [3.05, 3.63) is 72.8 Å². The summed E-state index contributed by atoms with van der Waals surface area (Å²) < 4.78 is 19.8. The van der Waals surface area contributed by atoms with Crippen LogP contribution >= 0.6 is 0 Å². The predicted molar refractivity (Wildman–Crippen MR) is 181 cm³/mol. The van der Waals surface area contributed by atoms with Gasteiger partial charge in [-0.15, -0.1) is 0 Å². The Hall–Kier alpha value is -4.26. The lowest BCUT2D eigenvalue weighted by Crippen LogP contribution is -2.53. The molecule has 2 N–H and O–H groups in total. The Balaban J connectivity index is 1.08. The highest BCUT2D eigenvalue weighted by Gasteiger charge is 2.34. The Bertz CT molecular complexity index is 1590. The summed E-state index contributed by atoms with van der Waals surface area (Å²) in [6, 6.07) is 13.4. The van der Waals surface area contributed by atoms with Crippen LogP contribution in [0.25, 0.3) is 0 Å². The van der Waals surface area contributed by atoms with Crippen LogP contribution < -0.4 is 25.3 Å². The van der Waals surface area contributed by atoms with E-state index < -0.39 is 0 Å². The van der Waals surface area contributed by atoms with Crippen molar-refractivity contribution in [1.29, 1.82) is 0 Å². The normalized spacial score (nSPS) is 21.1. The maximum atomic E-state index is 14.0. The number of carbonyl (C=O) groups is 1. The van der Waals surface area contributed by atoms with Gasteiger partial charge in [0.25, 0.3) is 0 Å². The van der Waals surface area contributed by atoms with Gasteiger partial charge >= 0.3 is 0 Å². The van der Waals surface area contributed by atoms with Gasteiger partial charge in [0.2, 0.25) is 5.91 Å². The summed E-state index contributed by atoms with van der Waals surface area (Å²) in [4.78, 5) is 35.0. The van der Waals surface area contributed by atoms with E-state index in [0.29, 0.717) is 47.8 Å². The smallest absolute Gasteiger partial charge is 0.247 e. The van der Waals surface area contributed by atoms with Crippen molar-refractivity contribution in [2.45, 2.75) is 50.2 Å². The van der Waals surface area contributed by atoms with Gasteiger partial charge in [0.05, 0.1) is 36.8 Å². The molecule has 248 valence electrons. The highest BCUT2D eigenvalue weighted by atomic mass is 19.1.